The number of benzene rings is 2. The molecule has 2 fully saturated rings. The van der Waals surface area contributed by atoms with Crippen molar-refractivity contribution in [2.75, 3.05) is 56.5 Å². The Morgan fingerprint density at radius 3 is 2.28 bits per heavy atom. The van der Waals surface area contributed by atoms with Gasteiger partial charge in [0.15, 0.2) is 0 Å². The third-order valence-corrected chi connectivity index (χ3v) is 10.0. The van der Waals surface area contributed by atoms with Crippen LogP contribution in [0, 0.1) is 6.92 Å². The number of nitrogens with one attached hydrogen (secondary N) is 2. The van der Waals surface area contributed by atoms with Gasteiger partial charge < -0.3 is 20.4 Å². The summed E-state index contributed by atoms with van der Waals surface area (Å²) in [6.45, 7) is 5.22. The fourth-order valence-electron chi connectivity index (χ4n) is 7.24. The summed E-state index contributed by atoms with van der Waals surface area (Å²) < 4.78 is 86.3. The average molecular weight is 737 g/mol. The number of alkyl halides is 6. The Morgan fingerprint density at radius 2 is 1.58 bits per heavy atom. The summed E-state index contributed by atoms with van der Waals surface area (Å²) in [6, 6.07) is 12.4. The predicted molar refractivity (Wildman–Crippen MR) is 192 cm³/mol. The zero-order valence-electron chi connectivity index (χ0n) is 29.2. The molecule has 2 saturated heterocycles. The summed E-state index contributed by atoms with van der Waals surface area (Å²) in [5.41, 5.74) is -0.0607. The molecule has 3 aromatic heterocycles. The molecule has 0 amide bonds. The number of aromatic nitrogens is 4. The van der Waals surface area contributed by atoms with Crippen LogP contribution in [0.2, 0.25) is 0 Å². The van der Waals surface area contributed by atoms with E-state index < -0.39 is 35.6 Å². The Hall–Kier alpha value is -5.02. The van der Waals surface area contributed by atoms with Crippen LogP contribution in [0.1, 0.15) is 46.6 Å². The zero-order valence-corrected chi connectivity index (χ0v) is 29.2. The van der Waals surface area contributed by atoms with E-state index in [1.54, 1.807) is 17.2 Å². The van der Waals surface area contributed by atoms with Gasteiger partial charge in [-0.1, -0.05) is 24.3 Å². The fourth-order valence-corrected chi connectivity index (χ4v) is 7.24. The molecule has 5 aromatic rings. The topological polar surface area (TPSA) is 91.2 Å². The number of aryl methyl sites for hydroxylation is 1. The number of hydrogen-bond acceptors (Lipinski definition) is 8. The molecule has 0 aliphatic carbocycles. The maximum absolute atomic E-state index is 14.4. The Balaban J connectivity index is 1.31. The van der Waals surface area contributed by atoms with Crippen molar-refractivity contribution < 1.29 is 26.3 Å². The highest BCUT2D eigenvalue weighted by Gasteiger charge is 2.36. The van der Waals surface area contributed by atoms with Gasteiger partial charge in [0.25, 0.3) is 5.56 Å². The third kappa shape index (κ3) is 7.72. The predicted octanol–water partition coefficient (Wildman–Crippen LogP) is 7.21. The molecule has 2 N–H and O–H groups in total. The number of halogens is 6. The molecule has 0 radical (unpaired) electrons. The number of pyridine rings is 2. The van der Waals surface area contributed by atoms with E-state index in [-0.39, 0.29) is 34.1 Å². The number of hydrogen-bond donors (Lipinski definition) is 2. The molecule has 15 heteroatoms. The summed E-state index contributed by atoms with van der Waals surface area (Å²) in [6.07, 6.45) is -4.24. The maximum atomic E-state index is 14.4. The lowest BCUT2D eigenvalue weighted by Crippen LogP contribution is -2.44. The lowest BCUT2D eigenvalue weighted by Gasteiger charge is -2.31. The molecule has 2 aliphatic rings. The van der Waals surface area contributed by atoms with E-state index in [1.807, 2.05) is 13.0 Å². The van der Waals surface area contributed by atoms with Gasteiger partial charge in [-0.3, -0.25) is 14.3 Å². The van der Waals surface area contributed by atoms with E-state index in [4.69, 9.17) is 4.98 Å². The highest BCUT2D eigenvalue weighted by molar-refractivity contribution is 5.82. The number of anilines is 3. The molecule has 5 heterocycles. The number of rotatable bonds is 7. The van der Waals surface area contributed by atoms with E-state index >= 15 is 0 Å². The van der Waals surface area contributed by atoms with Gasteiger partial charge in [0.05, 0.1) is 28.9 Å². The van der Waals surface area contributed by atoms with Crippen LogP contribution in [0.3, 0.4) is 0 Å². The first kappa shape index (κ1) is 36.3. The largest absolute Gasteiger partial charge is 0.418 e. The molecular formula is C38H38F6N8O. The Morgan fingerprint density at radius 1 is 0.868 bits per heavy atom. The van der Waals surface area contributed by atoms with Crippen molar-refractivity contribution in [1.29, 1.82) is 0 Å². The number of piperazine rings is 1. The quantitative estimate of drug-likeness (QED) is 0.170. The van der Waals surface area contributed by atoms with Crippen LogP contribution in [0.15, 0.2) is 71.8 Å². The minimum Gasteiger partial charge on any atom is -0.368 e. The summed E-state index contributed by atoms with van der Waals surface area (Å²) in [4.78, 5) is 31.8. The highest BCUT2D eigenvalue weighted by Crippen LogP contribution is 2.39. The van der Waals surface area contributed by atoms with Crippen molar-refractivity contribution >= 4 is 28.4 Å². The monoisotopic (exact) mass is 736 g/mol. The molecule has 278 valence electrons. The normalized spacial score (nSPS) is 16.3. The Labute approximate surface area is 301 Å². The van der Waals surface area contributed by atoms with Crippen LogP contribution < -0.4 is 21.1 Å². The molecule has 2 aromatic carbocycles. The lowest BCUT2D eigenvalue weighted by atomic mass is 9.89. The standard InChI is InChI=1S/C38H38F6N8O/c1-23-17-26(24-9-13-50(2)14-10-24)20-46-33(23)29-18-27-21-47-36(48-28-7-8-32(31(19-28)38(42,43)44)51-15-11-45-12-16-51)49-34(27)52(35(29)53)22-25-5-3-4-6-30(25)37(39,40)41/h3-8,17-21,24,45H,9-16,22H2,1-2H3,(H,47,48,49). The molecular weight excluding hydrogens is 698 g/mol. The van der Waals surface area contributed by atoms with Crippen molar-refractivity contribution in [3.8, 4) is 11.3 Å². The average Bonchev–Trinajstić information content (AvgIpc) is 3.13. The van der Waals surface area contributed by atoms with Crippen LogP contribution in [0.5, 0.6) is 0 Å². The minimum atomic E-state index is -4.69. The number of likely N-dealkylation sites (tertiary alicyclic amines) is 1. The first-order valence-electron chi connectivity index (χ1n) is 17.4. The molecule has 9 nitrogen and oxygen atoms in total. The van der Waals surface area contributed by atoms with Crippen LogP contribution in [-0.2, 0) is 18.9 Å². The second kappa shape index (κ2) is 14.4. The first-order valence-corrected chi connectivity index (χ1v) is 17.4. The molecule has 0 atom stereocenters. The second-order valence-corrected chi connectivity index (χ2v) is 13.7. The van der Waals surface area contributed by atoms with Crippen molar-refractivity contribution in [3.63, 3.8) is 0 Å². The Bertz CT molecular complexity index is 2190. The Kier molecular flexibility index (Phi) is 9.89. The summed E-state index contributed by atoms with van der Waals surface area (Å²) in [5.74, 6) is 0.186. The second-order valence-electron chi connectivity index (χ2n) is 13.7. The summed E-state index contributed by atoms with van der Waals surface area (Å²) in [5, 5.41) is 6.28. The van der Waals surface area contributed by atoms with Gasteiger partial charge >= 0.3 is 12.4 Å². The van der Waals surface area contributed by atoms with E-state index in [0.717, 1.165) is 53.8 Å². The van der Waals surface area contributed by atoms with Gasteiger partial charge in [0, 0.05) is 55.3 Å². The van der Waals surface area contributed by atoms with Crippen molar-refractivity contribution in [2.24, 2.45) is 0 Å². The maximum Gasteiger partial charge on any atom is 0.418 e. The van der Waals surface area contributed by atoms with Crippen LogP contribution in [0.25, 0.3) is 22.3 Å². The highest BCUT2D eigenvalue weighted by atomic mass is 19.4. The van der Waals surface area contributed by atoms with Gasteiger partial charge in [0.2, 0.25) is 5.95 Å². The van der Waals surface area contributed by atoms with Crippen molar-refractivity contribution in [3.05, 3.63) is 105 Å². The van der Waals surface area contributed by atoms with Crippen LogP contribution in [0.4, 0.5) is 43.7 Å². The number of piperidine rings is 1. The van der Waals surface area contributed by atoms with E-state index in [0.29, 0.717) is 43.2 Å². The van der Waals surface area contributed by atoms with Gasteiger partial charge in [-0.05, 0) is 92.8 Å². The van der Waals surface area contributed by atoms with Gasteiger partial charge in [-0.25, -0.2) is 4.98 Å². The van der Waals surface area contributed by atoms with Crippen LogP contribution in [-0.4, -0.2) is 70.7 Å². The first-order chi connectivity index (χ1) is 25.3. The minimum absolute atomic E-state index is 0.00214. The van der Waals surface area contributed by atoms with E-state index in [2.05, 4.69) is 32.5 Å². The molecule has 53 heavy (non-hydrogen) atoms. The number of nitrogens with zero attached hydrogens (tertiary/aromatic N) is 6. The zero-order chi connectivity index (χ0) is 37.5. The van der Waals surface area contributed by atoms with Crippen molar-refractivity contribution in [2.45, 2.75) is 44.6 Å². The van der Waals surface area contributed by atoms with Crippen LogP contribution >= 0.6 is 0 Å². The van der Waals surface area contributed by atoms with Gasteiger partial charge in [-0.2, -0.15) is 31.3 Å². The molecule has 7 rings (SSSR count). The lowest BCUT2D eigenvalue weighted by molar-refractivity contribution is -0.138. The van der Waals surface area contributed by atoms with E-state index in [9.17, 15) is 31.1 Å². The van der Waals surface area contributed by atoms with E-state index in [1.165, 1.54) is 36.5 Å². The summed E-state index contributed by atoms with van der Waals surface area (Å²) >= 11 is 0. The molecule has 0 spiro atoms. The summed E-state index contributed by atoms with van der Waals surface area (Å²) in [7, 11) is 2.08. The molecule has 2 aliphatic heterocycles. The third-order valence-electron chi connectivity index (χ3n) is 10.0. The smallest absolute Gasteiger partial charge is 0.368 e. The van der Waals surface area contributed by atoms with Gasteiger partial charge in [0.1, 0.15) is 5.65 Å². The molecule has 0 unspecified atom stereocenters. The molecule has 0 bridgehead atoms. The molecule has 0 saturated carbocycles. The fraction of sp³-hybridized carbons (Fsp3) is 0.368. The van der Waals surface area contributed by atoms with Crippen molar-refractivity contribution in [1.82, 2.24) is 29.7 Å². The SMILES string of the molecule is Cc1cc(C2CCN(C)CC2)cnc1-c1cc2cnc(Nc3ccc(N4CCNCC4)c(C(F)(F)F)c3)nc2n(Cc2ccccc2C(F)(F)F)c1=O. The number of fused-ring (bicyclic) bond motifs is 1. The van der Waals surface area contributed by atoms with Gasteiger partial charge in [-0.15, -0.1) is 0 Å².